The lowest BCUT2D eigenvalue weighted by atomic mass is 10.0. The molecule has 1 saturated carbocycles. The molecule has 2 fully saturated rings. The van der Waals surface area contributed by atoms with E-state index in [1.165, 1.54) is 10.4 Å². The number of carbonyl (C=O) groups excluding carboxylic acids is 1. The molecule has 0 spiro atoms. The van der Waals surface area contributed by atoms with Gasteiger partial charge in [-0.05, 0) is 49.8 Å². The van der Waals surface area contributed by atoms with Crippen LogP contribution in [0.25, 0.3) is 0 Å². The molecule has 2 aliphatic rings. The van der Waals surface area contributed by atoms with Gasteiger partial charge in [0.05, 0.1) is 4.90 Å². The zero-order valence-electron chi connectivity index (χ0n) is 18.1. The van der Waals surface area contributed by atoms with Gasteiger partial charge in [-0.3, -0.25) is 4.79 Å². The van der Waals surface area contributed by atoms with Crippen LogP contribution in [0, 0.1) is 5.92 Å². The van der Waals surface area contributed by atoms with Crippen LogP contribution in [0.5, 0.6) is 0 Å². The molecule has 4 rings (SSSR count). The molecule has 1 saturated heterocycles. The van der Waals surface area contributed by atoms with E-state index in [0.29, 0.717) is 36.3 Å². The minimum Gasteiger partial charge on any atom is -0.340 e. The zero-order chi connectivity index (χ0) is 22.0. The predicted octanol–water partition coefficient (Wildman–Crippen LogP) is 3.64. The van der Waals surface area contributed by atoms with Crippen molar-refractivity contribution in [3.05, 3.63) is 41.5 Å². The molecule has 1 aromatic carbocycles. The minimum atomic E-state index is -3.63. The van der Waals surface area contributed by atoms with E-state index < -0.39 is 16.1 Å². The molecule has 9 heteroatoms. The molecule has 168 valence electrons. The Labute approximate surface area is 183 Å². The lowest BCUT2D eigenvalue weighted by molar-refractivity contribution is 0.0913. The Morgan fingerprint density at radius 3 is 2.52 bits per heavy atom. The maximum absolute atomic E-state index is 13.1. The lowest BCUT2D eigenvalue weighted by Gasteiger charge is -2.21. The van der Waals surface area contributed by atoms with Gasteiger partial charge in [-0.1, -0.05) is 37.9 Å². The lowest BCUT2D eigenvalue weighted by Crippen LogP contribution is -2.33. The summed E-state index contributed by atoms with van der Waals surface area (Å²) < 4.78 is 33.2. The van der Waals surface area contributed by atoms with E-state index in [4.69, 9.17) is 4.52 Å². The first kappa shape index (κ1) is 22.0. The predicted molar refractivity (Wildman–Crippen MR) is 115 cm³/mol. The third-order valence-electron chi connectivity index (χ3n) is 5.92. The smallest absolute Gasteiger partial charge is 0.251 e. The van der Waals surface area contributed by atoms with Gasteiger partial charge in [-0.2, -0.15) is 9.29 Å². The molecule has 0 radical (unpaired) electrons. The van der Waals surface area contributed by atoms with E-state index >= 15 is 0 Å². The first-order valence-electron chi connectivity index (χ1n) is 11.1. The fourth-order valence-corrected chi connectivity index (χ4v) is 5.41. The molecule has 1 unspecified atom stereocenters. The molecule has 1 aromatic heterocycles. The normalized spacial score (nSPS) is 19.2. The number of nitrogens with one attached hydrogen (secondary N) is 1. The quantitative estimate of drug-likeness (QED) is 0.696. The van der Waals surface area contributed by atoms with Crippen LogP contribution in [-0.2, 0) is 10.0 Å². The summed E-state index contributed by atoms with van der Waals surface area (Å²) in [5.41, 5.74) is 0.295. The SMILES string of the molecule is CC(C)C(NC(=O)c1cccc(S(=O)(=O)N2CCCCCC2)c1)c1nc(C2CC2)no1. The van der Waals surface area contributed by atoms with Crippen LogP contribution < -0.4 is 5.32 Å². The van der Waals surface area contributed by atoms with Crippen molar-refractivity contribution < 1.29 is 17.7 Å². The molecular weight excluding hydrogens is 416 g/mol. The summed E-state index contributed by atoms with van der Waals surface area (Å²) in [6.07, 6.45) is 5.95. The molecule has 1 N–H and O–H groups in total. The highest BCUT2D eigenvalue weighted by Gasteiger charge is 2.32. The van der Waals surface area contributed by atoms with Gasteiger partial charge in [0.2, 0.25) is 15.9 Å². The summed E-state index contributed by atoms with van der Waals surface area (Å²) in [7, 11) is -3.63. The number of aromatic nitrogens is 2. The van der Waals surface area contributed by atoms with Crippen molar-refractivity contribution in [2.45, 2.75) is 69.2 Å². The molecule has 2 heterocycles. The minimum absolute atomic E-state index is 0.0282. The number of carbonyl (C=O) groups is 1. The number of nitrogens with zero attached hydrogens (tertiary/aromatic N) is 3. The maximum atomic E-state index is 13.1. The van der Waals surface area contributed by atoms with E-state index in [1.54, 1.807) is 18.2 Å². The second-order valence-corrected chi connectivity index (χ2v) is 10.7. The molecule has 2 aromatic rings. The van der Waals surface area contributed by atoms with Crippen molar-refractivity contribution in [3.63, 3.8) is 0 Å². The molecule has 1 aliphatic heterocycles. The maximum Gasteiger partial charge on any atom is 0.251 e. The van der Waals surface area contributed by atoms with Crippen molar-refractivity contribution in [3.8, 4) is 0 Å². The van der Waals surface area contributed by atoms with Crippen LogP contribution in [0.3, 0.4) is 0 Å². The Bertz CT molecular complexity index is 1020. The highest BCUT2D eigenvalue weighted by Crippen LogP contribution is 2.38. The molecule has 1 aliphatic carbocycles. The van der Waals surface area contributed by atoms with Crippen molar-refractivity contribution in [1.82, 2.24) is 19.8 Å². The van der Waals surface area contributed by atoms with Crippen LogP contribution in [0.4, 0.5) is 0 Å². The number of amides is 1. The van der Waals surface area contributed by atoms with E-state index in [9.17, 15) is 13.2 Å². The third-order valence-corrected chi connectivity index (χ3v) is 7.81. The molecule has 8 nitrogen and oxygen atoms in total. The van der Waals surface area contributed by atoms with Gasteiger partial charge >= 0.3 is 0 Å². The van der Waals surface area contributed by atoms with Crippen molar-refractivity contribution in [2.24, 2.45) is 5.92 Å². The summed E-state index contributed by atoms with van der Waals surface area (Å²) in [6.45, 7) is 4.97. The first-order chi connectivity index (χ1) is 14.9. The summed E-state index contributed by atoms with van der Waals surface area (Å²) in [6, 6.07) is 5.80. The van der Waals surface area contributed by atoms with E-state index in [2.05, 4.69) is 15.5 Å². The van der Waals surface area contributed by atoms with Gasteiger partial charge < -0.3 is 9.84 Å². The van der Waals surface area contributed by atoms with E-state index in [-0.39, 0.29) is 16.7 Å². The molecule has 0 bridgehead atoms. The van der Waals surface area contributed by atoms with Gasteiger partial charge in [0.25, 0.3) is 5.91 Å². The fraction of sp³-hybridized carbons (Fsp3) is 0.591. The Morgan fingerprint density at radius 1 is 1.16 bits per heavy atom. The highest BCUT2D eigenvalue weighted by molar-refractivity contribution is 7.89. The molecular formula is C22H30N4O4S. The Morgan fingerprint density at radius 2 is 1.87 bits per heavy atom. The van der Waals surface area contributed by atoms with Crippen molar-refractivity contribution >= 4 is 15.9 Å². The zero-order valence-corrected chi connectivity index (χ0v) is 18.9. The Kier molecular flexibility index (Phi) is 6.43. The van der Waals surface area contributed by atoms with Crippen LogP contribution in [0.15, 0.2) is 33.7 Å². The molecule has 1 amide bonds. The summed E-state index contributed by atoms with van der Waals surface area (Å²) in [5, 5.41) is 6.99. The van der Waals surface area contributed by atoms with E-state index in [0.717, 1.165) is 38.5 Å². The van der Waals surface area contributed by atoms with Crippen LogP contribution >= 0.6 is 0 Å². The van der Waals surface area contributed by atoms with Crippen LogP contribution in [0.2, 0.25) is 0 Å². The van der Waals surface area contributed by atoms with Crippen LogP contribution in [-0.4, -0.2) is 41.9 Å². The number of hydrogen-bond donors (Lipinski definition) is 1. The highest BCUT2D eigenvalue weighted by atomic mass is 32.2. The van der Waals surface area contributed by atoms with Gasteiger partial charge in [0.1, 0.15) is 6.04 Å². The van der Waals surface area contributed by atoms with Gasteiger partial charge in [0.15, 0.2) is 5.82 Å². The first-order valence-corrected chi connectivity index (χ1v) is 12.5. The summed E-state index contributed by atoms with van der Waals surface area (Å²) in [5.74, 6) is 1.11. The van der Waals surface area contributed by atoms with Crippen LogP contribution in [0.1, 0.15) is 86.4 Å². The standard InChI is InChI=1S/C22H30N4O4S/c1-15(2)19(22-24-20(25-30-22)16-10-11-16)23-21(27)17-8-7-9-18(14-17)31(28,29)26-12-5-3-4-6-13-26/h7-9,14-16,19H,3-6,10-13H2,1-2H3,(H,23,27). The second kappa shape index (κ2) is 9.08. The number of rotatable bonds is 7. The van der Waals surface area contributed by atoms with Crippen molar-refractivity contribution in [1.29, 1.82) is 0 Å². The summed E-state index contributed by atoms with van der Waals surface area (Å²) >= 11 is 0. The number of benzene rings is 1. The average molecular weight is 447 g/mol. The molecule has 31 heavy (non-hydrogen) atoms. The molecule has 1 atom stereocenters. The largest absolute Gasteiger partial charge is 0.340 e. The number of sulfonamides is 1. The third kappa shape index (κ3) is 4.98. The topological polar surface area (TPSA) is 105 Å². The summed E-state index contributed by atoms with van der Waals surface area (Å²) in [4.78, 5) is 17.6. The van der Waals surface area contributed by atoms with Gasteiger partial charge in [0, 0.05) is 24.6 Å². The van der Waals surface area contributed by atoms with E-state index in [1.807, 2.05) is 13.8 Å². The Balaban J connectivity index is 1.52. The fourth-order valence-electron chi connectivity index (χ4n) is 3.85. The number of hydrogen-bond acceptors (Lipinski definition) is 6. The second-order valence-electron chi connectivity index (χ2n) is 8.81. The van der Waals surface area contributed by atoms with Gasteiger partial charge in [-0.25, -0.2) is 8.42 Å². The average Bonchev–Trinajstić information content (AvgIpc) is 3.55. The monoisotopic (exact) mass is 446 g/mol. The Hall–Kier alpha value is -2.26. The van der Waals surface area contributed by atoms with Gasteiger partial charge in [-0.15, -0.1) is 0 Å². The van der Waals surface area contributed by atoms with Crippen molar-refractivity contribution in [2.75, 3.05) is 13.1 Å².